The molecule has 0 aliphatic heterocycles. The fraction of sp³-hybridized carbons (Fsp3) is 0.417. The minimum atomic E-state index is -0.949. The Balaban J connectivity index is 2.92. The second-order valence-electron chi connectivity index (χ2n) is 3.24. The third kappa shape index (κ3) is 3.45. The van der Waals surface area contributed by atoms with Gasteiger partial charge in [-0.15, -0.1) is 11.8 Å². The highest BCUT2D eigenvalue weighted by Gasteiger charge is 2.11. The molecule has 0 spiro atoms. The smallest absolute Gasteiger partial charge is 0.339 e. The van der Waals surface area contributed by atoms with Gasteiger partial charge in [0.05, 0.1) is 6.61 Å². The Hall–Kier alpha value is -1.16. The lowest BCUT2D eigenvalue weighted by atomic mass is 10.2. The summed E-state index contributed by atoms with van der Waals surface area (Å²) in [7, 11) is 0. The van der Waals surface area contributed by atoms with Crippen LogP contribution in [-0.4, -0.2) is 23.4 Å². The van der Waals surface area contributed by atoms with Crippen LogP contribution in [0.2, 0.25) is 0 Å². The van der Waals surface area contributed by atoms with Crippen molar-refractivity contribution in [3.63, 3.8) is 0 Å². The van der Waals surface area contributed by atoms with Crippen LogP contribution in [-0.2, 0) is 0 Å². The Morgan fingerprint density at radius 1 is 1.44 bits per heavy atom. The summed E-state index contributed by atoms with van der Waals surface area (Å²) in [6.45, 7) is 4.43. The Morgan fingerprint density at radius 2 is 2.19 bits per heavy atom. The molecule has 1 aromatic rings. The summed E-state index contributed by atoms with van der Waals surface area (Å²) in [6, 6.07) is 5.23. The second-order valence-corrected chi connectivity index (χ2v) is 4.41. The van der Waals surface area contributed by atoms with Crippen molar-refractivity contribution in [2.24, 2.45) is 0 Å². The third-order valence-electron chi connectivity index (χ3n) is 1.96. The average Bonchev–Trinajstić information content (AvgIpc) is 2.26. The number of hydrogen-bond acceptors (Lipinski definition) is 3. The maximum atomic E-state index is 10.9. The maximum absolute atomic E-state index is 10.9. The molecule has 1 N–H and O–H groups in total. The van der Waals surface area contributed by atoms with Crippen LogP contribution in [0.15, 0.2) is 23.1 Å². The van der Waals surface area contributed by atoms with E-state index in [2.05, 4.69) is 6.92 Å². The van der Waals surface area contributed by atoms with Crippen LogP contribution >= 0.6 is 11.8 Å². The number of thioether (sulfide) groups is 1. The lowest BCUT2D eigenvalue weighted by Gasteiger charge is -2.09. The Morgan fingerprint density at radius 3 is 2.75 bits per heavy atom. The number of ether oxygens (including phenoxy) is 1. The number of aromatic carboxylic acids is 1. The van der Waals surface area contributed by atoms with Crippen molar-refractivity contribution in [1.29, 1.82) is 0 Å². The molecular formula is C12H16O3S. The molecule has 0 aromatic heterocycles. The van der Waals surface area contributed by atoms with Gasteiger partial charge in [-0.2, -0.15) is 0 Å². The van der Waals surface area contributed by atoms with Crippen LogP contribution in [0.4, 0.5) is 0 Å². The largest absolute Gasteiger partial charge is 0.493 e. The molecule has 0 atom stereocenters. The highest BCUT2D eigenvalue weighted by atomic mass is 32.2. The van der Waals surface area contributed by atoms with Gasteiger partial charge in [0.1, 0.15) is 11.3 Å². The van der Waals surface area contributed by atoms with Gasteiger partial charge < -0.3 is 9.84 Å². The Labute approximate surface area is 99.8 Å². The number of rotatable bonds is 6. The van der Waals surface area contributed by atoms with Gasteiger partial charge in [-0.3, -0.25) is 0 Å². The number of benzene rings is 1. The van der Waals surface area contributed by atoms with E-state index in [-0.39, 0.29) is 5.56 Å². The molecule has 16 heavy (non-hydrogen) atoms. The van der Waals surface area contributed by atoms with E-state index in [0.717, 1.165) is 17.1 Å². The quantitative estimate of drug-likeness (QED) is 0.775. The molecule has 88 valence electrons. The molecule has 0 heterocycles. The van der Waals surface area contributed by atoms with E-state index in [0.29, 0.717) is 12.4 Å². The normalized spacial score (nSPS) is 10.1. The monoisotopic (exact) mass is 240 g/mol. The molecule has 0 bridgehead atoms. The topological polar surface area (TPSA) is 46.5 Å². The van der Waals surface area contributed by atoms with E-state index in [4.69, 9.17) is 9.84 Å². The summed E-state index contributed by atoms with van der Waals surface area (Å²) in [4.78, 5) is 12.0. The van der Waals surface area contributed by atoms with Gasteiger partial charge in [-0.05, 0) is 37.3 Å². The predicted octanol–water partition coefficient (Wildman–Crippen LogP) is 3.29. The van der Waals surface area contributed by atoms with Crippen LogP contribution < -0.4 is 4.74 Å². The van der Waals surface area contributed by atoms with Gasteiger partial charge in [0.15, 0.2) is 0 Å². The van der Waals surface area contributed by atoms with E-state index in [1.165, 1.54) is 0 Å². The zero-order chi connectivity index (χ0) is 12.0. The van der Waals surface area contributed by atoms with Crippen molar-refractivity contribution in [1.82, 2.24) is 0 Å². The molecule has 0 saturated heterocycles. The van der Waals surface area contributed by atoms with Crippen LogP contribution in [0.1, 0.15) is 30.6 Å². The molecular weight excluding hydrogens is 224 g/mol. The van der Waals surface area contributed by atoms with Crippen LogP contribution in [0, 0.1) is 0 Å². The maximum Gasteiger partial charge on any atom is 0.339 e. The van der Waals surface area contributed by atoms with Crippen molar-refractivity contribution in [2.45, 2.75) is 25.2 Å². The average molecular weight is 240 g/mol. The lowest BCUT2D eigenvalue weighted by molar-refractivity contribution is 0.0692. The minimum Gasteiger partial charge on any atom is -0.493 e. The van der Waals surface area contributed by atoms with Crippen molar-refractivity contribution < 1.29 is 14.6 Å². The molecule has 1 rings (SSSR count). The van der Waals surface area contributed by atoms with Crippen molar-refractivity contribution in [2.75, 3.05) is 12.4 Å². The van der Waals surface area contributed by atoms with Gasteiger partial charge >= 0.3 is 5.97 Å². The Kier molecular flexibility index (Phi) is 5.19. The predicted molar refractivity (Wildman–Crippen MR) is 65.6 cm³/mol. The van der Waals surface area contributed by atoms with Gasteiger partial charge in [-0.1, -0.05) is 6.92 Å². The van der Waals surface area contributed by atoms with E-state index in [1.54, 1.807) is 23.9 Å². The van der Waals surface area contributed by atoms with E-state index in [9.17, 15) is 4.79 Å². The first-order valence-electron chi connectivity index (χ1n) is 5.32. The van der Waals surface area contributed by atoms with E-state index >= 15 is 0 Å². The molecule has 0 fully saturated rings. The third-order valence-corrected chi connectivity index (χ3v) is 3.16. The fourth-order valence-electron chi connectivity index (χ4n) is 1.26. The highest BCUT2D eigenvalue weighted by Crippen LogP contribution is 2.27. The molecule has 0 unspecified atom stereocenters. The fourth-order valence-corrected chi connectivity index (χ4v) is 2.06. The molecule has 0 amide bonds. The summed E-state index contributed by atoms with van der Waals surface area (Å²) >= 11 is 1.71. The first kappa shape index (κ1) is 12.9. The summed E-state index contributed by atoms with van der Waals surface area (Å²) in [6.07, 6.45) is 1.09. The number of carboxylic acid groups (broad SMARTS) is 1. The van der Waals surface area contributed by atoms with E-state index in [1.807, 2.05) is 13.0 Å². The number of carboxylic acids is 1. The first-order valence-corrected chi connectivity index (χ1v) is 6.30. The summed E-state index contributed by atoms with van der Waals surface area (Å²) < 4.78 is 5.32. The number of hydrogen-bond donors (Lipinski definition) is 1. The van der Waals surface area contributed by atoms with Crippen LogP contribution in [0.25, 0.3) is 0 Å². The zero-order valence-corrected chi connectivity index (χ0v) is 10.3. The molecule has 0 aliphatic carbocycles. The van der Waals surface area contributed by atoms with Crippen molar-refractivity contribution in [3.8, 4) is 5.75 Å². The van der Waals surface area contributed by atoms with Crippen molar-refractivity contribution in [3.05, 3.63) is 23.8 Å². The molecule has 3 nitrogen and oxygen atoms in total. The molecule has 0 radical (unpaired) electrons. The van der Waals surface area contributed by atoms with Gasteiger partial charge in [0.2, 0.25) is 0 Å². The van der Waals surface area contributed by atoms with Gasteiger partial charge in [0.25, 0.3) is 0 Å². The van der Waals surface area contributed by atoms with Gasteiger partial charge in [0, 0.05) is 4.90 Å². The molecule has 0 saturated carbocycles. The van der Waals surface area contributed by atoms with Crippen LogP contribution in [0.3, 0.4) is 0 Å². The standard InChI is InChI=1S/C12H16O3S/c1-3-7-16-9-5-6-10(12(13)14)11(8-9)15-4-2/h5-6,8H,3-4,7H2,1-2H3,(H,13,14). The summed E-state index contributed by atoms with van der Waals surface area (Å²) in [5.74, 6) is 0.532. The van der Waals surface area contributed by atoms with E-state index < -0.39 is 5.97 Å². The molecule has 0 aliphatic rings. The minimum absolute atomic E-state index is 0.225. The van der Waals surface area contributed by atoms with Gasteiger partial charge in [-0.25, -0.2) is 4.79 Å². The van der Waals surface area contributed by atoms with Crippen molar-refractivity contribution >= 4 is 17.7 Å². The highest BCUT2D eigenvalue weighted by molar-refractivity contribution is 7.99. The summed E-state index contributed by atoms with van der Waals surface area (Å²) in [5.41, 5.74) is 0.225. The van der Waals surface area contributed by atoms with Crippen LogP contribution in [0.5, 0.6) is 5.75 Å². The first-order chi connectivity index (χ1) is 7.69. The Bertz CT molecular complexity index is 363. The lowest BCUT2D eigenvalue weighted by Crippen LogP contribution is -2.02. The second kappa shape index (κ2) is 6.43. The summed E-state index contributed by atoms with van der Waals surface area (Å²) in [5, 5.41) is 8.97. The zero-order valence-electron chi connectivity index (χ0n) is 9.53. The number of carbonyl (C=O) groups is 1. The molecule has 1 aromatic carbocycles. The molecule has 4 heteroatoms. The SMILES string of the molecule is CCCSc1ccc(C(=O)O)c(OCC)c1.